The Morgan fingerprint density at radius 1 is 0.600 bits per heavy atom. The summed E-state index contributed by atoms with van der Waals surface area (Å²) in [5.41, 5.74) is 0. The molecule has 162 valence electrons. The Balaban J connectivity index is -0.000000154. The molecule has 0 saturated heterocycles. The standard InChI is InChI=1S/2C9H7.2C4H9.2ClH.2Cr/c2*1-2-5-9-7-3-6-8(9)4-1;2*1-3-4-2;;;;/h2*1-7H;2*1,3-4H2,2H3;2*1H;;/q4*-1;;;2*+3/p-2. The van der Waals surface area contributed by atoms with Crippen LogP contribution in [0.2, 0.25) is 0 Å². The number of unbranched alkanes of at least 4 members (excludes halogenated alkanes) is 2. The largest absolute Gasteiger partial charge is 3.00 e. The zero-order valence-electron chi connectivity index (χ0n) is 17.9. The normalized spacial score (nSPS) is 8.13. The maximum atomic E-state index is 3.60. The van der Waals surface area contributed by atoms with E-state index >= 15 is 0 Å². The Kier molecular flexibility index (Phi) is 30.0. The van der Waals surface area contributed by atoms with Crippen LogP contribution in [0.25, 0.3) is 21.5 Å². The summed E-state index contributed by atoms with van der Waals surface area (Å²) in [6.07, 6.45) is 4.56. The van der Waals surface area contributed by atoms with Crippen LogP contribution in [0.4, 0.5) is 0 Å². The van der Waals surface area contributed by atoms with Gasteiger partial charge in [0.15, 0.2) is 0 Å². The van der Waals surface area contributed by atoms with E-state index in [-0.39, 0.29) is 59.5 Å². The summed E-state index contributed by atoms with van der Waals surface area (Å²) >= 11 is 0. The number of rotatable bonds is 2. The van der Waals surface area contributed by atoms with Crippen LogP contribution in [-0.4, -0.2) is 0 Å². The zero-order chi connectivity index (χ0) is 19.0. The molecule has 0 spiro atoms. The van der Waals surface area contributed by atoms with E-state index in [2.05, 4.69) is 113 Å². The Morgan fingerprint density at radius 2 is 0.900 bits per heavy atom. The van der Waals surface area contributed by atoms with Gasteiger partial charge in [-0.05, 0) is 0 Å². The summed E-state index contributed by atoms with van der Waals surface area (Å²) in [4.78, 5) is 0. The van der Waals surface area contributed by atoms with E-state index in [1.807, 2.05) is 0 Å². The molecule has 30 heavy (non-hydrogen) atoms. The summed E-state index contributed by atoms with van der Waals surface area (Å²) in [5, 5.41) is 5.32. The van der Waals surface area contributed by atoms with Gasteiger partial charge in [-0.15, -0.1) is 59.3 Å². The molecule has 0 heterocycles. The fourth-order valence-electron chi connectivity index (χ4n) is 2.14. The molecule has 0 amide bonds. The van der Waals surface area contributed by atoms with Crippen LogP contribution < -0.4 is 24.8 Å². The van der Waals surface area contributed by atoms with Crippen LogP contribution in [0.15, 0.2) is 84.9 Å². The van der Waals surface area contributed by atoms with Gasteiger partial charge in [0.1, 0.15) is 0 Å². The molecular formula is C26H32Cl2Cr2. The monoisotopic (exact) mass is 518 g/mol. The molecule has 0 saturated carbocycles. The van der Waals surface area contributed by atoms with Crippen LogP contribution in [0.3, 0.4) is 0 Å². The van der Waals surface area contributed by atoms with Gasteiger partial charge in [0.25, 0.3) is 0 Å². The molecule has 4 rings (SSSR count). The minimum Gasteiger partial charge on any atom is -1.00 e. The Labute approximate surface area is 218 Å². The Morgan fingerprint density at radius 3 is 1.17 bits per heavy atom. The van der Waals surface area contributed by atoms with Gasteiger partial charge in [0, 0.05) is 0 Å². The molecule has 0 bridgehead atoms. The molecule has 0 atom stereocenters. The van der Waals surface area contributed by atoms with Crippen molar-refractivity contribution in [2.75, 3.05) is 0 Å². The van der Waals surface area contributed by atoms with Crippen molar-refractivity contribution in [3.8, 4) is 0 Å². The maximum absolute atomic E-state index is 3.60. The van der Waals surface area contributed by atoms with Gasteiger partial charge >= 0.3 is 34.7 Å². The molecule has 4 aromatic carbocycles. The van der Waals surface area contributed by atoms with Gasteiger partial charge in [0.05, 0.1) is 0 Å². The number of halogens is 2. The molecule has 0 aliphatic heterocycles. The second kappa shape index (κ2) is 24.6. The third-order valence-corrected chi connectivity index (χ3v) is 3.80. The van der Waals surface area contributed by atoms with Crippen LogP contribution >= 0.6 is 0 Å². The fourth-order valence-corrected chi connectivity index (χ4v) is 2.14. The van der Waals surface area contributed by atoms with Crippen molar-refractivity contribution in [2.24, 2.45) is 0 Å². The van der Waals surface area contributed by atoms with Gasteiger partial charge in [-0.1, -0.05) is 38.8 Å². The van der Waals surface area contributed by atoms with Gasteiger partial charge in [-0.25, -0.2) is 0 Å². The summed E-state index contributed by atoms with van der Waals surface area (Å²) < 4.78 is 0. The first-order chi connectivity index (χ1) is 12.8. The predicted molar refractivity (Wildman–Crippen MR) is 120 cm³/mol. The van der Waals surface area contributed by atoms with Crippen LogP contribution in [0.1, 0.15) is 39.5 Å². The molecule has 0 aliphatic rings. The number of hydrogen-bond acceptors (Lipinski definition) is 0. The zero-order valence-corrected chi connectivity index (χ0v) is 22.0. The third-order valence-electron chi connectivity index (χ3n) is 3.80. The minimum atomic E-state index is 0. The number of fused-ring (bicyclic) bond motifs is 2. The Hall–Kier alpha value is -0.695. The van der Waals surface area contributed by atoms with Crippen LogP contribution in [-0.2, 0) is 34.7 Å². The fraction of sp³-hybridized carbons (Fsp3) is 0.231. The van der Waals surface area contributed by atoms with Crippen molar-refractivity contribution >= 4 is 21.5 Å². The van der Waals surface area contributed by atoms with Crippen molar-refractivity contribution < 1.29 is 59.5 Å². The van der Waals surface area contributed by atoms with Gasteiger partial charge < -0.3 is 38.7 Å². The first kappa shape index (κ1) is 36.7. The number of benzene rings is 2. The summed E-state index contributed by atoms with van der Waals surface area (Å²) in [6.45, 7) is 11.4. The van der Waals surface area contributed by atoms with Gasteiger partial charge in [0.2, 0.25) is 0 Å². The second-order valence-electron chi connectivity index (χ2n) is 6.02. The summed E-state index contributed by atoms with van der Waals surface area (Å²) in [5.74, 6) is 0. The smallest absolute Gasteiger partial charge is 1.00 e. The second-order valence-corrected chi connectivity index (χ2v) is 6.02. The van der Waals surface area contributed by atoms with E-state index in [1.54, 1.807) is 0 Å². The van der Waals surface area contributed by atoms with E-state index in [9.17, 15) is 0 Å². The Bertz CT molecular complexity index is 687. The van der Waals surface area contributed by atoms with E-state index in [4.69, 9.17) is 0 Å². The van der Waals surface area contributed by atoms with Crippen molar-refractivity contribution in [2.45, 2.75) is 39.5 Å². The van der Waals surface area contributed by atoms with Crippen molar-refractivity contribution in [3.05, 3.63) is 98.8 Å². The molecule has 2 radical (unpaired) electrons. The SMILES string of the molecule is [CH2-]CCC.[CH2-]CCC.[Cl-].[Cl-].[Cr+3].[Cr+3].c1ccc2[cH-]ccc2c1.c1ccc2[cH-]ccc2c1. The van der Waals surface area contributed by atoms with Crippen molar-refractivity contribution in [3.63, 3.8) is 0 Å². The topological polar surface area (TPSA) is 0 Å². The average Bonchev–Trinajstić information content (AvgIpc) is 3.37. The summed E-state index contributed by atoms with van der Waals surface area (Å²) in [7, 11) is 0. The maximum Gasteiger partial charge on any atom is 3.00 e. The average molecular weight is 519 g/mol. The molecule has 4 heteroatoms. The van der Waals surface area contributed by atoms with E-state index in [0.717, 1.165) is 12.8 Å². The first-order valence-electron chi connectivity index (χ1n) is 9.56. The molecule has 0 unspecified atom stereocenters. The molecule has 0 nitrogen and oxygen atoms in total. The quantitative estimate of drug-likeness (QED) is 0.357. The van der Waals surface area contributed by atoms with E-state index in [1.165, 1.54) is 34.4 Å². The first-order valence-corrected chi connectivity index (χ1v) is 9.56. The van der Waals surface area contributed by atoms with E-state index in [0.29, 0.717) is 0 Å². The number of hydrogen-bond donors (Lipinski definition) is 0. The molecule has 4 aromatic rings. The molecule has 0 aromatic heterocycles. The van der Waals surface area contributed by atoms with E-state index < -0.39 is 0 Å². The molecule has 0 N–H and O–H groups in total. The molecule has 0 aliphatic carbocycles. The van der Waals surface area contributed by atoms with Crippen molar-refractivity contribution in [1.82, 2.24) is 0 Å². The van der Waals surface area contributed by atoms with Crippen LogP contribution in [0, 0.1) is 13.8 Å². The van der Waals surface area contributed by atoms with Gasteiger partial charge in [-0.3, -0.25) is 0 Å². The van der Waals surface area contributed by atoms with Gasteiger partial charge in [-0.2, -0.15) is 47.9 Å². The summed E-state index contributed by atoms with van der Waals surface area (Å²) in [6, 6.07) is 29.3. The molecular weight excluding hydrogens is 487 g/mol. The third kappa shape index (κ3) is 15.2. The predicted octanol–water partition coefficient (Wildman–Crippen LogP) is 2.36. The molecule has 0 fully saturated rings. The minimum absolute atomic E-state index is 0. The van der Waals surface area contributed by atoms with Crippen LogP contribution in [0.5, 0.6) is 0 Å². The van der Waals surface area contributed by atoms with Crippen molar-refractivity contribution in [1.29, 1.82) is 0 Å².